The van der Waals surface area contributed by atoms with Crippen molar-refractivity contribution in [3.05, 3.63) is 48.2 Å². The Morgan fingerprint density at radius 2 is 2.00 bits per heavy atom. The van der Waals surface area contributed by atoms with Crippen molar-refractivity contribution < 1.29 is 19.4 Å². The van der Waals surface area contributed by atoms with Crippen LogP contribution in [-0.2, 0) is 14.3 Å². The molecular weight excluding hydrogens is 334 g/mol. The quantitative estimate of drug-likeness (QED) is 0.576. The zero-order valence-electron chi connectivity index (χ0n) is 14.8. The number of esters is 1. The van der Waals surface area contributed by atoms with E-state index in [9.17, 15) is 14.7 Å². The molecule has 0 aliphatic rings. The number of ether oxygens (including phenoxy) is 1. The number of nitrogens with zero attached hydrogens (tertiary/aromatic N) is 3. The van der Waals surface area contributed by atoms with Gasteiger partial charge in [-0.1, -0.05) is 18.2 Å². The number of imidazole rings is 1. The number of amides is 1. The zero-order chi connectivity index (χ0) is 18.8. The number of aryl methyl sites for hydroxylation is 1. The number of carbonyl (C=O) groups excluding carboxylic acids is 2. The van der Waals surface area contributed by atoms with Crippen LogP contribution < -0.4 is 4.90 Å². The van der Waals surface area contributed by atoms with Crippen LogP contribution in [0.25, 0.3) is 16.9 Å². The molecule has 0 atom stereocenters. The monoisotopic (exact) mass is 353 g/mol. The number of carbonyl (C=O) groups is 2. The Balaban J connectivity index is 2.25. The first-order chi connectivity index (χ1) is 12.4. The summed E-state index contributed by atoms with van der Waals surface area (Å²) >= 11 is 0. The Morgan fingerprint density at radius 1 is 1.23 bits per heavy atom. The number of hydrogen-bond donors (Lipinski definition) is 1. The van der Waals surface area contributed by atoms with E-state index in [1.165, 1.54) is 18.7 Å². The average molecular weight is 353 g/mol. The molecule has 1 N–H and O–H groups in total. The number of hydrogen-bond acceptors (Lipinski definition) is 5. The number of aromatic nitrogens is 2. The minimum absolute atomic E-state index is 0.0936. The third-order valence-corrected chi connectivity index (χ3v) is 3.89. The molecule has 2 heterocycles. The van der Waals surface area contributed by atoms with Crippen LogP contribution >= 0.6 is 0 Å². The number of anilines is 1. The summed E-state index contributed by atoms with van der Waals surface area (Å²) in [6.45, 7) is 4.39. The van der Waals surface area contributed by atoms with Crippen molar-refractivity contribution in [1.29, 1.82) is 0 Å². The van der Waals surface area contributed by atoms with Gasteiger partial charge in [-0.15, -0.1) is 0 Å². The standard InChI is InChI=1S/C19H19N3O4/c1-12-7-8-17-20-18(15-5-4-6-16(25)9-15)19(21(17)10-12)22(13(2)23)11-26-14(3)24/h4-10,25H,11H2,1-3H3. The third kappa shape index (κ3) is 3.37. The van der Waals surface area contributed by atoms with Crippen molar-refractivity contribution in [2.24, 2.45) is 0 Å². The lowest BCUT2D eigenvalue weighted by Crippen LogP contribution is -2.33. The zero-order valence-corrected chi connectivity index (χ0v) is 14.8. The molecule has 3 rings (SSSR count). The van der Waals surface area contributed by atoms with E-state index in [1.54, 1.807) is 28.7 Å². The Morgan fingerprint density at radius 3 is 2.65 bits per heavy atom. The van der Waals surface area contributed by atoms with Crippen LogP contribution in [0.5, 0.6) is 5.75 Å². The molecule has 1 aromatic carbocycles. The second-order valence-electron chi connectivity index (χ2n) is 5.98. The third-order valence-electron chi connectivity index (χ3n) is 3.89. The van der Waals surface area contributed by atoms with Gasteiger partial charge in [0.1, 0.15) is 17.1 Å². The first kappa shape index (κ1) is 17.5. The fourth-order valence-corrected chi connectivity index (χ4v) is 2.70. The van der Waals surface area contributed by atoms with Crippen LogP contribution in [0.1, 0.15) is 19.4 Å². The Kier molecular flexibility index (Phi) is 4.62. The van der Waals surface area contributed by atoms with E-state index >= 15 is 0 Å². The van der Waals surface area contributed by atoms with Crippen LogP contribution in [0.15, 0.2) is 42.6 Å². The maximum Gasteiger partial charge on any atom is 0.304 e. The molecule has 0 aliphatic heterocycles. The average Bonchev–Trinajstić information content (AvgIpc) is 2.93. The summed E-state index contributed by atoms with van der Waals surface area (Å²) in [6, 6.07) is 10.4. The van der Waals surface area contributed by atoms with Gasteiger partial charge in [0.15, 0.2) is 12.5 Å². The van der Waals surface area contributed by atoms with E-state index in [0.717, 1.165) is 5.56 Å². The molecule has 0 saturated heterocycles. The van der Waals surface area contributed by atoms with Crippen LogP contribution in [-0.4, -0.2) is 33.1 Å². The minimum Gasteiger partial charge on any atom is -0.508 e. The van der Waals surface area contributed by atoms with Crippen molar-refractivity contribution >= 4 is 23.3 Å². The summed E-state index contributed by atoms with van der Waals surface area (Å²) in [5, 5.41) is 9.82. The molecule has 0 radical (unpaired) electrons. The van der Waals surface area contributed by atoms with Gasteiger partial charge >= 0.3 is 5.97 Å². The van der Waals surface area contributed by atoms with Gasteiger partial charge in [-0.25, -0.2) is 4.98 Å². The highest BCUT2D eigenvalue weighted by Crippen LogP contribution is 2.33. The number of fused-ring (bicyclic) bond motifs is 1. The van der Waals surface area contributed by atoms with E-state index < -0.39 is 5.97 Å². The van der Waals surface area contributed by atoms with E-state index in [1.807, 2.05) is 25.3 Å². The van der Waals surface area contributed by atoms with Gasteiger partial charge in [-0.2, -0.15) is 0 Å². The van der Waals surface area contributed by atoms with Crippen LogP contribution in [0.4, 0.5) is 5.82 Å². The summed E-state index contributed by atoms with van der Waals surface area (Å²) in [5.41, 5.74) is 2.77. The summed E-state index contributed by atoms with van der Waals surface area (Å²) in [6.07, 6.45) is 1.85. The van der Waals surface area contributed by atoms with Crippen molar-refractivity contribution in [3.63, 3.8) is 0 Å². The molecule has 2 aromatic heterocycles. The highest BCUT2D eigenvalue weighted by Gasteiger charge is 2.24. The predicted octanol–water partition coefficient (Wildman–Crippen LogP) is 2.89. The minimum atomic E-state index is -0.486. The molecule has 26 heavy (non-hydrogen) atoms. The molecular formula is C19H19N3O4. The van der Waals surface area contributed by atoms with Crippen LogP contribution in [0.2, 0.25) is 0 Å². The number of phenols is 1. The Hall–Kier alpha value is -3.35. The van der Waals surface area contributed by atoms with E-state index in [2.05, 4.69) is 4.98 Å². The summed E-state index contributed by atoms with van der Waals surface area (Å²) in [4.78, 5) is 29.5. The van der Waals surface area contributed by atoms with Gasteiger partial charge < -0.3 is 9.84 Å². The molecule has 0 bridgehead atoms. The van der Waals surface area contributed by atoms with Gasteiger partial charge in [-0.05, 0) is 30.7 Å². The van der Waals surface area contributed by atoms with Crippen molar-refractivity contribution in [2.45, 2.75) is 20.8 Å². The van der Waals surface area contributed by atoms with Gasteiger partial charge in [0, 0.05) is 25.6 Å². The lowest BCUT2D eigenvalue weighted by Gasteiger charge is -2.21. The molecule has 0 unspecified atom stereocenters. The van der Waals surface area contributed by atoms with Crippen molar-refractivity contribution in [3.8, 4) is 17.0 Å². The van der Waals surface area contributed by atoms with Gasteiger partial charge in [0.2, 0.25) is 5.91 Å². The van der Waals surface area contributed by atoms with Gasteiger partial charge in [-0.3, -0.25) is 18.9 Å². The summed E-state index contributed by atoms with van der Waals surface area (Å²) < 4.78 is 6.84. The van der Waals surface area contributed by atoms with Crippen molar-refractivity contribution in [2.75, 3.05) is 11.6 Å². The van der Waals surface area contributed by atoms with Crippen LogP contribution in [0.3, 0.4) is 0 Å². The van der Waals surface area contributed by atoms with E-state index in [0.29, 0.717) is 22.7 Å². The smallest absolute Gasteiger partial charge is 0.304 e. The highest BCUT2D eigenvalue weighted by atomic mass is 16.5. The summed E-state index contributed by atoms with van der Waals surface area (Å²) in [5.74, 6) is -0.213. The highest BCUT2D eigenvalue weighted by molar-refractivity contribution is 5.95. The number of aromatic hydroxyl groups is 1. The largest absolute Gasteiger partial charge is 0.508 e. The van der Waals surface area contributed by atoms with E-state index in [4.69, 9.17) is 4.74 Å². The fraction of sp³-hybridized carbons (Fsp3) is 0.211. The molecule has 1 amide bonds. The molecule has 0 spiro atoms. The lowest BCUT2D eigenvalue weighted by molar-refractivity contribution is -0.141. The Bertz CT molecular complexity index is 994. The molecule has 134 valence electrons. The molecule has 0 aliphatic carbocycles. The van der Waals surface area contributed by atoms with E-state index in [-0.39, 0.29) is 18.4 Å². The Labute approximate surface area is 150 Å². The fourth-order valence-electron chi connectivity index (χ4n) is 2.70. The van der Waals surface area contributed by atoms with Gasteiger partial charge in [0.05, 0.1) is 0 Å². The lowest BCUT2D eigenvalue weighted by atomic mass is 10.1. The molecule has 7 heteroatoms. The first-order valence-electron chi connectivity index (χ1n) is 8.06. The topological polar surface area (TPSA) is 84.1 Å². The molecule has 0 saturated carbocycles. The number of phenolic OH excluding ortho intramolecular Hbond substituents is 1. The first-order valence-corrected chi connectivity index (χ1v) is 8.06. The SMILES string of the molecule is CC(=O)OCN(C(C)=O)c1c(-c2cccc(O)c2)nc2ccc(C)cn12. The summed E-state index contributed by atoms with van der Waals surface area (Å²) in [7, 11) is 0. The maximum absolute atomic E-state index is 12.3. The number of benzene rings is 1. The maximum atomic E-state index is 12.3. The van der Waals surface area contributed by atoms with Crippen molar-refractivity contribution in [1.82, 2.24) is 9.38 Å². The predicted molar refractivity (Wildman–Crippen MR) is 96.8 cm³/mol. The van der Waals surface area contributed by atoms with Gasteiger partial charge in [0.25, 0.3) is 0 Å². The number of pyridine rings is 1. The number of rotatable bonds is 4. The molecule has 3 aromatic rings. The molecule has 0 fully saturated rings. The second-order valence-corrected chi connectivity index (χ2v) is 5.98. The van der Waals surface area contributed by atoms with Crippen LogP contribution in [0, 0.1) is 6.92 Å². The second kappa shape index (κ2) is 6.87. The normalized spacial score (nSPS) is 10.7. The molecule has 7 nitrogen and oxygen atoms in total.